The van der Waals surface area contributed by atoms with E-state index in [-0.39, 0.29) is 0 Å². The van der Waals surface area contributed by atoms with Crippen molar-refractivity contribution >= 4 is 57.4 Å². The maximum atomic E-state index is 2.38. The summed E-state index contributed by atoms with van der Waals surface area (Å²) >= 11 is 0. The van der Waals surface area contributed by atoms with Gasteiger partial charge in [-0.1, -0.05) is 261 Å². The van der Waals surface area contributed by atoms with Crippen LogP contribution in [0.25, 0.3) is 79.6 Å². The summed E-state index contributed by atoms with van der Waals surface area (Å²) in [6.07, 6.45) is 42.8. The molecule has 7 rings (SSSR count). The van der Waals surface area contributed by atoms with Gasteiger partial charge in [0.05, 0.1) is 0 Å². The molecule has 0 aliphatic carbocycles. The SMILES string of the molecule is C/C=C/C=C\C=C/C=C/C=C\C=C/c1ccc2c(-c3cccc(/C(C)=C/C=C(\C)c4ccccc4)c3)c(/C=C/C)c(/C=C\c3ccccc3)c(-c3cccc(/C(C)=C/C=C(\C)c4ccccc4)c3)c2c1. The van der Waals surface area contributed by atoms with E-state index in [1.165, 1.54) is 83.1 Å². The van der Waals surface area contributed by atoms with Crippen molar-refractivity contribution in [2.24, 2.45) is 0 Å². The molecule has 0 aliphatic rings. The molecule has 0 saturated carbocycles. The quantitative estimate of drug-likeness (QED) is 0.0631. The Bertz CT molecular complexity index is 3250. The zero-order chi connectivity index (χ0) is 48.9. The molecule has 0 spiro atoms. The average molecular weight is 905 g/mol. The van der Waals surface area contributed by atoms with Gasteiger partial charge in [-0.3, -0.25) is 0 Å². The highest BCUT2D eigenvalue weighted by atomic mass is 14.2. The van der Waals surface area contributed by atoms with E-state index in [9.17, 15) is 0 Å². The Labute approximate surface area is 418 Å². The minimum absolute atomic E-state index is 1.13. The zero-order valence-corrected chi connectivity index (χ0v) is 41.6. The zero-order valence-electron chi connectivity index (χ0n) is 41.6. The third-order valence-electron chi connectivity index (χ3n) is 12.3. The molecule has 70 heavy (non-hydrogen) atoms. The first-order valence-electron chi connectivity index (χ1n) is 24.3. The fraction of sp³-hybridized carbons (Fsp3) is 0.0857. The monoisotopic (exact) mass is 905 g/mol. The largest absolute Gasteiger partial charge is 0.0877 e. The lowest BCUT2D eigenvalue weighted by molar-refractivity contribution is 1.52. The van der Waals surface area contributed by atoms with Crippen LogP contribution in [0.2, 0.25) is 0 Å². The Kier molecular flexibility index (Phi) is 18.2. The second-order valence-electron chi connectivity index (χ2n) is 17.3. The smallest absolute Gasteiger partial charge is 0.00259 e. The van der Waals surface area contributed by atoms with Gasteiger partial charge in [0.1, 0.15) is 0 Å². The predicted molar refractivity (Wildman–Crippen MR) is 313 cm³/mol. The van der Waals surface area contributed by atoms with E-state index in [0.29, 0.717) is 0 Å². The molecule has 0 saturated heterocycles. The van der Waals surface area contributed by atoms with E-state index in [2.05, 4.69) is 271 Å². The van der Waals surface area contributed by atoms with Crippen LogP contribution < -0.4 is 0 Å². The van der Waals surface area contributed by atoms with Crippen LogP contribution in [0.1, 0.15) is 86.1 Å². The highest BCUT2D eigenvalue weighted by Gasteiger charge is 2.20. The molecule has 0 aromatic heterocycles. The van der Waals surface area contributed by atoms with Crippen LogP contribution in [0.4, 0.5) is 0 Å². The summed E-state index contributed by atoms with van der Waals surface area (Å²) in [6, 6.07) is 56.9. The van der Waals surface area contributed by atoms with Gasteiger partial charge in [-0.15, -0.1) is 0 Å². The normalized spacial score (nSPS) is 13.5. The third kappa shape index (κ3) is 13.4. The van der Waals surface area contributed by atoms with Gasteiger partial charge in [0, 0.05) is 0 Å². The molecule has 0 bridgehead atoms. The first-order valence-corrected chi connectivity index (χ1v) is 24.3. The Morgan fingerprint density at radius 1 is 0.300 bits per heavy atom. The number of allylic oxidation sites excluding steroid dienone is 20. The summed E-state index contributed by atoms with van der Waals surface area (Å²) < 4.78 is 0. The van der Waals surface area contributed by atoms with Gasteiger partial charge in [-0.2, -0.15) is 0 Å². The minimum Gasteiger partial charge on any atom is -0.0877 e. The summed E-state index contributed by atoms with van der Waals surface area (Å²) in [5.41, 5.74) is 19.0. The molecule has 344 valence electrons. The molecular formula is C70H64. The van der Waals surface area contributed by atoms with Crippen molar-refractivity contribution in [3.63, 3.8) is 0 Å². The molecule has 0 heteroatoms. The molecule has 0 fully saturated rings. The van der Waals surface area contributed by atoms with Crippen LogP contribution in [0, 0.1) is 0 Å². The molecule has 7 aromatic rings. The highest BCUT2D eigenvalue weighted by Crippen LogP contribution is 2.45. The Morgan fingerprint density at radius 2 is 0.729 bits per heavy atom. The van der Waals surface area contributed by atoms with Crippen LogP contribution in [0.5, 0.6) is 0 Å². The molecule has 0 aliphatic heterocycles. The number of rotatable bonds is 17. The summed E-state index contributed by atoms with van der Waals surface area (Å²) in [5.74, 6) is 0. The summed E-state index contributed by atoms with van der Waals surface area (Å²) in [5, 5.41) is 2.39. The van der Waals surface area contributed by atoms with E-state index >= 15 is 0 Å². The molecule has 7 aromatic carbocycles. The van der Waals surface area contributed by atoms with Gasteiger partial charge in [0.15, 0.2) is 0 Å². The second-order valence-corrected chi connectivity index (χ2v) is 17.3. The highest BCUT2D eigenvalue weighted by molar-refractivity contribution is 6.13. The van der Waals surface area contributed by atoms with E-state index < -0.39 is 0 Å². The van der Waals surface area contributed by atoms with Crippen LogP contribution in [-0.2, 0) is 0 Å². The summed E-state index contributed by atoms with van der Waals surface area (Å²) in [7, 11) is 0. The molecule has 0 heterocycles. The Balaban J connectivity index is 1.43. The van der Waals surface area contributed by atoms with Crippen molar-refractivity contribution in [2.45, 2.75) is 41.5 Å². The van der Waals surface area contributed by atoms with Crippen LogP contribution in [0.3, 0.4) is 0 Å². The van der Waals surface area contributed by atoms with Crippen LogP contribution in [-0.4, -0.2) is 0 Å². The van der Waals surface area contributed by atoms with Crippen molar-refractivity contribution in [3.05, 3.63) is 299 Å². The molecular weight excluding hydrogens is 841 g/mol. The van der Waals surface area contributed by atoms with E-state index in [1.807, 2.05) is 49.5 Å². The second kappa shape index (κ2) is 25.7. The lowest BCUT2D eigenvalue weighted by atomic mass is 9.81. The molecule has 0 nitrogen and oxygen atoms in total. The number of hydrogen-bond donors (Lipinski definition) is 0. The average Bonchev–Trinajstić information content (AvgIpc) is 3.41. The molecule has 0 radical (unpaired) electrons. The maximum Gasteiger partial charge on any atom is -0.00259 e. The number of benzene rings is 7. The van der Waals surface area contributed by atoms with Gasteiger partial charge in [-0.25, -0.2) is 0 Å². The third-order valence-corrected chi connectivity index (χ3v) is 12.3. The lowest BCUT2D eigenvalue weighted by Gasteiger charge is -2.22. The number of fused-ring (bicyclic) bond motifs is 1. The van der Waals surface area contributed by atoms with Crippen LogP contribution in [0.15, 0.2) is 255 Å². The van der Waals surface area contributed by atoms with Gasteiger partial charge >= 0.3 is 0 Å². The van der Waals surface area contributed by atoms with E-state index in [4.69, 9.17) is 0 Å². The fourth-order valence-electron chi connectivity index (χ4n) is 8.45. The van der Waals surface area contributed by atoms with Crippen LogP contribution >= 0.6 is 0 Å². The van der Waals surface area contributed by atoms with E-state index in [1.54, 1.807) is 0 Å². The van der Waals surface area contributed by atoms with Gasteiger partial charge in [0.25, 0.3) is 0 Å². The van der Waals surface area contributed by atoms with E-state index in [0.717, 1.165) is 16.7 Å². The standard InChI is InChI=1S/C70H64/c1-7-9-10-11-12-13-14-15-16-17-21-33-58-47-49-67-68(50-58)70(64-41-29-39-62(52-64)56(6)45-43-54(4)60-36-26-20-27-37-60)66(48-46-57-31-22-18-23-32-57)65(30-8-2)69(67)63-40-28-38-61(51-63)55(5)44-42-53(3)59-34-24-19-25-35-59/h7-52H,1-6H3/b9-7+,11-10-,13-12-,15-14+,17-16-,30-8+,33-21-,48-46-,53-42+,54-43+,55-44+,56-45+. The fourth-order valence-corrected chi connectivity index (χ4v) is 8.45. The van der Waals surface area contributed by atoms with Crippen molar-refractivity contribution < 1.29 is 0 Å². The van der Waals surface area contributed by atoms with Gasteiger partial charge < -0.3 is 0 Å². The van der Waals surface area contributed by atoms with Crippen molar-refractivity contribution in [1.29, 1.82) is 0 Å². The maximum absolute atomic E-state index is 2.38. The molecule has 0 N–H and O–H groups in total. The predicted octanol–water partition coefficient (Wildman–Crippen LogP) is 20.2. The van der Waals surface area contributed by atoms with Crippen molar-refractivity contribution in [3.8, 4) is 22.3 Å². The molecule has 0 amide bonds. The van der Waals surface area contributed by atoms with Crippen molar-refractivity contribution in [1.82, 2.24) is 0 Å². The van der Waals surface area contributed by atoms with Crippen molar-refractivity contribution in [2.75, 3.05) is 0 Å². The minimum atomic E-state index is 1.13. The first kappa shape index (κ1) is 49.6. The Morgan fingerprint density at radius 3 is 1.23 bits per heavy atom. The van der Waals surface area contributed by atoms with Gasteiger partial charge in [0.2, 0.25) is 0 Å². The topological polar surface area (TPSA) is 0 Å². The summed E-state index contributed by atoms with van der Waals surface area (Å²) in [4.78, 5) is 0. The lowest BCUT2D eigenvalue weighted by Crippen LogP contribution is -1.98. The van der Waals surface area contributed by atoms with Gasteiger partial charge in [-0.05, 0) is 160 Å². The molecule has 0 atom stereocenters. The first-order chi connectivity index (χ1) is 34.3. The Hall–Kier alpha value is -8.32. The molecule has 0 unspecified atom stereocenters. The number of hydrogen-bond acceptors (Lipinski definition) is 0. The summed E-state index contributed by atoms with van der Waals surface area (Å²) in [6.45, 7) is 12.9.